The molecule has 2 N–H and O–H groups in total. The number of para-hydroxylation sites is 1. The summed E-state index contributed by atoms with van der Waals surface area (Å²) in [7, 11) is 1.55. The molecule has 0 bridgehead atoms. The number of rotatable bonds is 9. The molecule has 1 rings (SSSR count). The molecule has 2 amide bonds. The van der Waals surface area contributed by atoms with E-state index in [0.29, 0.717) is 12.0 Å². The summed E-state index contributed by atoms with van der Waals surface area (Å²) in [5.74, 6) is -0.0164. The molecular weight excluding hydrogens is 296 g/mol. The topological polar surface area (TPSA) is 84.5 Å². The van der Waals surface area contributed by atoms with E-state index in [1.807, 2.05) is 32.0 Å². The van der Waals surface area contributed by atoms with Gasteiger partial charge in [0, 0.05) is 5.56 Å². The Kier molecular flexibility index (Phi) is 7.80. The van der Waals surface area contributed by atoms with Crippen LogP contribution in [0.3, 0.4) is 0 Å². The van der Waals surface area contributed by atoms with E-state index in [1.54, 1.807) is 13.2 Å². The van der Waals surface area contributed by atoms with E-state index in [9.17, 15) is 14.4 Å². The van der Waals surface area contributed by atoms with Crippen molar-refractivity contribution in [2.24, 2.45) is 5.92 Å². The number of aldehydes is 1. The van der Waals surface area contributed by atoms with E-state index in [-0.39, 0.29) is 30.7 Å². The number of nitrogens with one attached hydrogen (secondary N) is 2. The van der Waals surface area contributed by atoms with Crippen LogP contribution >= 0.6 is 0 Å². The first kappa shape index (κ1) is 18.7. The second kappa shape index (κ2) is 9.61. The Morgan fingerprint density at radius 2 is 2.00 bits per heavy atom. The summed E-state index contributed by atoms with van der Waals surface area (Å²) in [5, 5.41) is 5.25. The summed E-state index contributed by atoms with van der Waals surface area (Å²) in [4.78, 5) is 34.8. The summed E-state index contributed by atoms with van der Waals surface area (Å²) >= 11 is 0. The van der Waals surface area contributed by atoms with Crippen LogP contribution in [0, 0.1) is 5.92 Å². The highest BCUT2D eigenvalue weighted by atomic mass is 16.5. The second-order valence-corrected chi connectivity index (χ2v) is 5.33. The van der Waals surface area contributed by atoms with Gasteiger partial charge < -0.3 is 20.2 Å². The summed E-state index contributed by atoms with van der Waals surface area (Å²) in [6, 6.07) is 6.58. The lowest BCUT2D eigenvalue weighted by Crippen LogP contribution is -2.50. The van der Waals surface area contributed by atoms with E-state index < -0.39 is 6.04 Å². The number of carbonyl (C=O) groups excluding carboxylic acids is 3. The van der Waals surface area contributed by atoms with Crippen molar-refractivity contribution in [1.82, 2.24) is 10.6 Å². The van der Waals surface area contributed by atoms with Crippen molar-refractivity contribution in [3.8, 4) is 5.75 Å². The maximum atomic E-state index is 12.3. The lowest BCUT2D eigenvalue weighted by atomic mass is 9.98. The normalized spacial score (nSPS) is 12.8. The molecule has 1 aromatic rings. The predicted octanol–water partition coefficient (Wildman–Crippen LogP) is 1.08. The zero-order valence-electron chi connectivity index (χ0n) is 13.8. The third kappa shape index (κ3) is 5.73. The Morgan fingerprint density at radius 3 is 2.61 bits per heavy atom. The van der Waals surface area contributed by atoms with E-state index in [2.05, 4.69) is 10.6 Å². The van der Waals surface area contributed by atoms with Gasteiger partial charge in [0.1, 0.15) is 18.1 Å². The van der Waals surface area contributed by atoms with Crippen LogP contribution in [0.15, 0.2) is 24.3 Å². The van der Waals surface area contributed by atoms with Crippen LogP contribution in [0.2, 0.25) is 0 Å². The predicted molar refractivity (Wildman–Crippen MR) is 87.2 cm³/mol. The number of carbonyl (C=O) groups is 3. The molecule has 0 fully saturated rings. The zero-order valence-corrected chi connectivity index (χ0v) is 13.8. The highest BCUT2D eigenvalue weighted by molar-refractivity contribution is 5.89. The highest BCUT2D eigenvalue weighted by Crippen LogP contribution is 2.18. The molecule has 0 aliphatic carbocycles. The third-order valence-electron chi connectivity index (χ3n) is 3.72. The monoisotopic (exact) mass is 320 g/mol. The fourth-order valence-electron chi connectivity index (χ4n) is 2.20. The number of benzene rings is 1. The lowest BCUT2D eigenvalue weighted by Gasteiger charge is -2.23. The van der Waals surface area contributed by atoms with Gasteiger partial charge in [0.2, 0.25) is 11.8 Å². The van der Waals surface area contributed by atoms with Crippen molar-refractivity contribution in [2.45, 2.75) is 32.7 Å². The molecule has 23 heavy (non-hydrogen) atoms. The first-order valence-electron chi connectivity index (χ1n) is 7.66. The molecular formula is C17H24N2O4. The average molecular weight is 320 g/mol. The largest absolute Gasteiger partial charge is 0.496 e. The maximum Gasteiger partial charge on any atom is 0.243 e. The molecule has 0 heterocycles. The molecule has 0 aliphatic rings. The standard InChI is InChI=1S/C17H24N2O4/c1-4-12(2)16(17(22)18-9-10-20)19-15(21)11-13-7-5-6-8-14(13)23-3/h5-8,10,12,16H,4,9,11H2,1-3H3,(H,18,22)(H,19,21). The zero-order chi connectivity index (χ0) is 17.2. The van der Waals surface area contributed by atoms with Gasteiger partial charge in [-0.2, -0.15) is 0 Å². The SMILES string of the molecule is CCC(C)C(NC(=O)Cc1ccccc1OC)C(=O)NCC=O. The van der Waals surface area contributed by atoms with Crippen molar-refractivity contribution in [3.05, 3.63) is 29.8 Å². The fourth-order valence-corrected chi connectivity index (χ4v) is 2.20. The molecule has 2 unspecified atom stereocenters. The number of hydrogen-bond donors (Lipinski definition) is 2. The molecule has 2 atom stereocenters. The first-order chi connectivity index (χ1) is 11.0. The molecule has 6 nitrogen and oxygen atoms in total. The van der Waals surface area contributed by atoms with Gasteiger partial charge in [0.05, 0.1) is 20.1 Å². The van der Waals surface area contributed by atoms with Gasteiger partial charge in [0.15, 0.2) is 0 Å². The van der Waals surface area contributed by atoms with Gasteiger partial charge in [-0.15, -0.1) is 0 Å². The summed E-state index contributed by atoms with van der Waals surface area (Å²) in [6.07, 6.45) is 1.47. The van der Waals surface area contributed by atoms with E-state index >= 15 is 0 Å². The Balaban J connectivity index is 2.76. The molecule has 126 valence electrons. The minimum Gasteiger partial charge on any atom is -0.496 e. The van der Waals surface area contributed by atoms with Gasteiger partial charge in [0.25, 0.3) is 0 Å². The van der Waals surface area contributed by atoms with Crippen LogP contribution < -0.4 is 15.4 Å². The molecule has 0 saturated carbocycles. The summed E-state index contributed by atoms with van der Waals surface area (Å²) in [6.45, 7) is 3.76. The number of hydrogen-bond acceptors (Lipinski definition) is 4. The summed E-state index contributed by atoms with van der Waals surface area (Å²) in [5.41, 5.74) is 0.753. The highest BCUT2D eigenvalue weighted by Gasteiger charge is 2.25. The Bertz CT molecular complexity index is 545. The smallest absolute Gasteiger partial charge is 0.243 e. The molecule has 0 aromatic heterocycles. The number of amides is 2. The molecule has 6 heteroatoms. The van der Waals surface area contributed by atoms with Gasteiger partial charge in [-0.05, 0) is 12.0 Å². The van der Waals surface area contributed by atoms with E-state index in [0.717, 1.165) is 12.0 Å². The Morgan fingerprint density at radius 1 is 1.30 bits per heavy atom. The van der Waals surface area contributed by atoms with Gasteiger partial charge in [-0.3, -0.25) is 9.59 Å². The number of ether oxygens (including phenoxy) is 1. The first-order valence-corrected chi connectivity index (χ1v) is 7.66. The van der Waals surface area contributed by atoms with Crippen LogP contribution in [0.1, 0.15) is 25.8 Å². The van der Waals surface area contributed by atoms with Gasteiger partial charge in [-0.25, -0.2) is 0 Å². The minimum atomic E-state index is -0.665. The van der Waals surface area contributed by atoms with Crippen LogP contribution in [0.25, 0.3) is 0 Å². The van der Waals surface area contributed by atoms with Crippen LogP contribution in [0.5, 0.6) is 5.75 Å². The van der Waals surface area contributed by atoms with Crippen LogP contribution in [-0.4, -0.2) is 37.8 Å². The quantitative estimate of drug-likeness (QED) is 0.667. The fraction of sp³-hybridized carbons (Fsp3) is 0.471. The van der Waals surface area contributed by atoms with Crippen LogP contribution in [0.4, 0.5) is 0 Å². The van der Waals surface area contributed by atoms with Gasteiger partial charge in [-0.1, -0.05) is 38.5 Å². The van der Waals surface area contributed by atoms with Gasteiger partial charge >= 0.3 is 0 Å². The average Bonchev–Trinajstić information content (AvgIpc) is 2.57. The molecule has 0 radical (unpaired) electrons. The van der Waals surface area contributed by atoms with E-state index in [1.165, 1.54) is 0 Å². The molecule has 0 saturated heterocycles. The molecule has 1 aromatic carbocycles. The van der Waals surface area contributed by atoms with Crippen LogP contribution in [-0.2, 0) is 20.8 Å². The van der Waals surface area contributed by atoms with E-state index in [4.69, 9.17) is 4.74 Å². The Hall–Kier alpha value is -2.37. The summed E-state index contributed by atoms with van der Waals surface area (Å²) < 4.78 is 5.22. The van der Waals surface area contributed by atoms with Crippen molar-refractivity contribution in [3.63, 3.8) is 0 Å². The minimum absolute atomic E-state index is 0.0386. The van der Waals surface area contributed by atoms with Crippen molar-refractivity contribution in [2.75, 3.05) is 13.7 Å². The lowest BCUT2D eigenvalue weighted by molar-refractivity contribution is -0.130. The van der Waals surface area contributed by atoms with Crippen molar-refractivity contribution < 1.29 is 19.1 Å². The third-order valence-corrected chi connectivity index (χ3v) is 3.72. The van der Waals surface area contributed by atoms with Crippen molar-refractivity contribution >= 4 is 18.1 Å². The second-order valence-electron chi connectivity index (χ2n) is 5.33. The molecule has 0 spiro atoms. The number of methoxy groups -OCH3 is 1. The molecule has 0 aliphatic heterocycles. The Labute approximate surface area is 136 Å². The maximum absolute atomic E-state index is 12.3. The van der Waals surface area contributed by atoms with Crippen molar-refractivity contribution in [1.29, 1.82) is 0 Å².